The van der Waals surface area contributed by atoms with E-state index in [9.17, 15) is 0 Å². The molecular weight excluding hydrogens is 258 g/mol. The van der Waals surface area contributed by atoms with Gasteiger partial charge in [-0.05, 0) is 18.7 Å². The smallest absolute Gasteiger partial charge is 0.0931 e. The van der Waals surface area contributed by atoms with Crippen molar-refractivity contribution in [3.63, 3.8) is 0 Å². The Bertz CT molecular complexity index is 317. The van der Waals surface area contributed by atoms with Gasteiger partial charge in [0.25, 0.3) is 0 Å². The summed E-state index contributed by atoms with van der Waals surface area (Å²) < 4.78 is 1.19. The van der Waals surface area contributed by atoms with Gasteiger partial charge in [0.05, 0.1) is 10.4 Å². The molecule has 1 heterocycles. The molecule has 0 bridgehead atoms. The minimum Gasteiger partial charge on any atom is -0.309 e. The predicted octanol–water partition coefficient (Wildman–Crippen LogP) is 4.58. The molecule has 0 aliphatic heterocycles. The Morgan fingerprint density at radius 2 is 2.12 bits per heavy atom. The van der Waals surface area contributed by atoms with E-state index >= 15 is 0 Å². The van der Waals surface area contributed by atoms with Crippen LogP contribution in [0.25, 0.3) is 0 Å². The number of thiophene rings is 1. The highest BCUT2D eigenvalue weighted by molar-refractivity contribution is 8.00. The zero-order chi connectivity index (χ0) is 12.2. The standard InChI is InChI=1S/C12H20ClNS2/c1-5-14-9(8-15-12(2,3)4)10-6-7-11(13)16-10/h6-7,9,14H,5,8H2,1-4H3. The fraction of sp³-hybridized carbons (Fsp3) is 0.667. The van der Waals surface area contributed by atoms with Gasteiger partial charge in [-0.3, -0.25) is 0 Å². The lowest BCUT2D eigenvalue weighted by Crippen LogP contribution is -2.24. The average molecular weight is 278 g/mol. The topological polar surface area (TPSA) is 12.0 Å². The van der Waals surface area contributed by atoms with E-state index in [1.807, 2.05) is 17.8 Å². The second kappa shape index (κ2) is 6.29. The first-order valence-electron chi connectivity index (χ1n) is 5.55. The molecule has 1 unspecified atom stereocenters. The van der Waals surface area contributed by atoms with Crippen molar-refractivity contribution in [3.05, 3.63) is 21.3 Å². The summed E-state index contributed by atoms with van der Waals surface area (Å²) in [5, 5.41) is 3.52. The molecule has 0 amide bonds. The van der Waals surface area contributed by atoms with Gasteiger partial charge in [-0.25, -0.2) is 0 Å². The highest BCUT2D eigenvalue weighted by Crippen LogP contribution is 2.32. The Kier molecular flexibility index (Phi) is 5.65. The van der Waals surface area contributed by atoms with E-state index in [1.54, 1.807) is 11.3 Å². The van der Waals surface area contributed by atoms with Crippen LogP contribution in [0.4, 0.5) is 0 Å². The Hall–Kier alpha value is 0.300. The van der Waals surface area contributed by atoms with Crippen LogP contribution in [0.3, 0.4) is 0 Å². The van der Waals surface area contributed by atoms with E-state index in [-0.39, 0.29) is 0 Å². The molecule has 0 aliphatic carbocycles. The molecule has 0 aliphatic rings. The van der Waals surface area contributed by atoms with Crippen molar-refractivity contribution < 1.29 is 0 Å². The summed E-state index contributed by atoms with van der Waals surface area (Å²) in [6, 6.07) is 4.53. The number of thioether (sulfide) groups is 1. The summed E-state index contributed by atoms with van der Waals surface area (Å²) >= 11 is 9.64. The monoisotopic (exact) mass is 277 g/mol. The highest BCUT2D eigenvalue weighted by atomic mass is 35.5. The van der Waals surface area contributed by atoms with Crippen molar-refractivity contribution in [1.82, 2.24) is 5.32 Å². The molecule has 92 valence electrons. The molecule has 1 aromatic heterocycles. The minimum atomic E-state index is 0.314. The van der Waals surface area contributed by atoms with Gasteiger partial charge < -0.3 is 5.32 Å². The van der Waals surface area contributed by atoms with Gasteiger partial charge in [0.1, 0.15) is 0 Å². The first-order valence-corrected chi connectivity index (χ1v) is 7.73. The molecule has 0 saturated carbocycles. The molecule has 0 spiro atoms. The summed E-state index contributed by atoms with van der Waals surface area (Å²) in [5.41, 5.74) is 0. The highest BCUT2D eigenvalue weighted by Gasteiger charge is 2.17. The quantitative estimate of drug-likeness (QED) is 0.845. The fourth-order valence-electron chi connectivity index (χ4n) is 1.34. The third-order valence-electron chi connectivity index (χ3n) is 2.07. The number of hydrogen-bond donors (Lipinski definition) is 1. The van der Waals surface area contributed by atoms with Gasteiger partial charge in [0.2, 0.25) is 0 Å². The molecular formula is C12H20ClNS2. The lowest BCUT2D eigenvalue weighted by atomic mass is 10.2. The van der Waals surface area contributed by atoms with Crippen LogP contribution in [0.1, 0.15) is 38.6 Å². The molecule has 0 aromatic carbocycles. The van der Waals surface area contributed by atoms with Crippen LogP contribution >= 0.6 is 34.7 Å². The number of nitrogens with one attached hydrogen (secondary N) is 1. The second-order valence-electron chi connectivity index (χ2n) is 4.68. The molecule has 0 fully saturated rings. The summed E-state index contributed by atoms with van der Waals surface area (Å²) in [5.74, 6) is 1.09. The third-order valence-corrected chi connectivity index (χ3v) is 4.78. The third kappa shape index (κ3) is 5.09. The zero-order valence-electron chi connectivity index (χ0n) is 10.3. The van der Waals surface area contributed by atoms with E-state index < -0.39 is 0 Å². The van der Waals surface area contributed by atoms with Gasteiger partial charge in [0, 0.05) is 15.4 Å². The molecule has 0 saturated heterocycles. The van der Waals surface area contributed by atoms with Gasteiger partial charge in [-0.15, -0.1) is 11.3 Å². The molecule has 1 nitrogen and oxygen atoms in total. The predicted molar refractivity (Wildman–Crippen MR) is 78.0 cm³/mol. The van der Waals surface area contributed by atoms with Gasteiger partial charge in [-0.1, -0.05) is 39.3 Å². The lowest BCUT2D eigenvalue weighted by molar-refractivity contribution is 0.612. The van der Waals surface area contributed by atoms with E-state index in [2.05, 4.69) is 39.1 Å². The SMILES string of the molecule is CCNC(CSC(C)(C)C)c1ccc(Cl)s1. The van der Waals surface area contributed by atoms with Gasteiger partial charge in [-0.2, -0.15) is 11.8 Å². The molecule has 1 N–H and O–H groups in total. The molecule has 1 rings (SSSR count). The van der Waals surface area contributed by atoms with E-state index in [1.165, 1.54) is 4.88 Å². The van der Waals surface area contributed by atoms with E-state index in [0.29, 0.717) is 10.8 Å². The van der Waals surface area contributed by atoms with Crippen LogP contribution in [-0.4, -0.2) is 17.0 Å². The molecule has 4 heteroatoms. The second-order valence-corrected chi connectivity index (χ2v) is 8.27. The van der Waals surface area contributed by atoms with Gasteiger partial charge >= 0.3 is 0 Å². The zero-order valence-corrected chi connectivity index (χ0v) is 12.7. The molecule has 1 aromatic rings. The van der Waals surface area contributed by atoms with Crippen LogP contribution in [0.2, 0.25) is 4.34 Å². The number of halogens is 1. The Labute approximate surface area is 112 Å². The number of hydrogen-bond acceptors (Lipinski definition) is 3. The van der Waals surface area contributed by atoms with Crippen LogP contribution in [0.5, 0.6) is 0 Å². The first kappa shape index (κ1) is 14.4. The van der Waals surface area contributed by atoms with Crippen molar-refractivity contribution in [2.24, 2.45) is 0 Å². The van der Waals surface area contributed by atoms with Gasteiger partial charge in [0.15, 0.2) is 0 Å². The molecule has 1 atom stereocenters. The maximum absolute atomic E-state index is 5.98. The minimum absolute atomic E-state index is 0.314. The fourth-order valence-corrected chi connectivity index (χ4v) is 3.54. The van der Waals surface area contributed by atoms with Crippen molar-refractivity contribution in [1.29, 1.82) is 0 Å². The van der Waals surface area contributed by atoms with Crippen molar-refractivity contribution >= 4 is 34.7 Å². The van der Waals surface area contributed by atoms with Crippen LogP contribution in [-0.2, 0) is 0 Å². The Morgan fingerprint density at radius 1 is 1.44 bits per heavy atom. The molecule has 16 heavy (non-hydrogen) atoms. The summed E-state index contributed by atoms with van der Waals surface area (Å²) in [4.78, 5) is 1.34. The van der Waals surface area contributed by atoms with E-state index in [4.69, 9.17) is 11.6 Å². The largest absolute Gasteiger partial charge is 0.309 e. The van der Waals surface area contributed by atoms with Crippen LogP contribution in [0.15, 0.2) is 12.1 Å². The first-order chi connectivity index (χ1) is 7.42. The Morgan fingerprint density at radius 3 is 2.56 bits per heavy atom. The summed E-state index contributed by atoms with van der Waals surface area (Å²) in [6.45, 7) is 9.89. The molecule has 0 radical (unpaired) electrons. The van der Waals surface area contributed by atoms with Crippen molar-refractivity contribution in [2.75, 3.05) is 12.3 Å². The van der Waals surface area contributed by atoms with E-state index in [0.717, 1.165) is 16.6 Å². The summed E-state index contributed by atoms with van der Waals surface area (Å²) in [7, 11) is 0. The van der Waals surface area contributed by atoms with Crippen molar-refractivity contribution in [3.8, 4) is 0 Å². The summed E-state index contributed by atoms with van der Waals surface area (Å²) in [6.07, 6.45) is 0. The maximum Gasteiger partial charge on any atom is 0.0931 e. The number of rotatable bonds is 5. The maximum atomic E-state index is 5.98. The van der Waals surface area contributed by atoms with Crippen LogP contribution in [0, 0.1) is 0 Å². The lowest BCUT2D eigenvalue weighted by Gasteiger charge is -2.22. The van der Waals surface area contributed by atoms with Crippen molar-refractivity contribution in [2.45, 2.75) is 38.5 Å². The normalized spacial score (nSPS) is 14.1. The average Bonchev–Trinajstić information content (AvgIpc) is 2.57. The van der Waals surface area contributed by atoms with Crippen LogP contribution < -0.4 is 5.32 Å². The Balaban J connectivity index is 2.61.